The SMILES string of the molecule is CCCN1CCOC(c2noc(Cn3cc(N)cn3)n2)C1. The molecular weight excluding hydrogens is 272 g/mol. The van der Waals surface area contributed by atoms with Crippen LogP contribution in [0.25, 0.3) is 0 Å². The van der Waals surface area contributed by atoms with Crippen molar-refractivity contribution in [3.05, 3.63) is 24.1 Å². The molecule has 0 amide bonds. The molecule has 3 heterocycles. The highest BCUT2D eigenvalue weighted by molar-refractivity contribution is 5.30. The first kappa shape index (κ1) is 14.0. The van der Waals surface area contributed by atoms with Crippen molar-refractivity contribution in [2.24, 2.45) is 0 Å². The Morgan fingerprint density at radius 2 is 2.38 bits per heavy atom. The number of ether oxygens (including phenoxy) is 1. The Kier molecular flexibility index (Phi) is 4.16. The van der Waals surface area contributed by atoms with Gasteiger partial charge in [0.2, 0.25) is 11.7 Å². The molecule has 0 radical (unpaired) electrons. The predicted octanol–water partition coefficient (Wildman–Crippen LogP) is 0.680. The van der Waals surface area contributed by atoms with Gasteiger partial charge in [0.15, 0.2) is 0 Å². The summed E-state index contributed by atoms with van der Waals surface area (Å²) in [6, 6.07) is 0. The summed E-state index contributed by atoms with van der Waals surface area (Å²) in [7, 11) is 0. The van der Waals surface area contributed by atoms with E-state index in [9.17, 15) is 0 Å². The van der Waals surface area contributed by atoms with Gasteiger partial charge in [-0.15, -0.1) is 0 Å². The number of anilines is 1. The number of rotatable bonds is 5. The number of nitrogens with two attached hydrogens (primary N) is 1. The Balaban J connectivity index is 1.64. The molecule has 114 valence electrons. The minimum Gasteiger partial charge on any atom is -0.396 e. The van der Waals surface area contributed by atoms with Crippen molar-refractivity contribution in [1.82, 2.24) is 24.8 Å². The zero-order chi connectivity index (χ0) is 14.7. The summed E-state index contributed by atoms with van der Waals surface area (Å²) in [6.45, 7) is 6.12. The Bertz CT molecular complexity index is 579. The maximum absolute atomic E-state index is 5.74. The maximum atomic E-state index is 5.74. The molecule has 2 N–H and O–H groups in total. The monoisotopic (exact) mass is 292 g/mol. The molecule has 1 aliphatic rings. The second kappa shape index (κ2) is 6.23. The highest BCUT2D eigenvalue weighted by Crippen LogP contribution is 2.20. The molecular formula is C13H20N6O2. The van der Waals surface area contributed by atoms with Crippen LogP contribution in [0.3, 0.4) is 0 Å². The third-order valence-electron chi connectivity index (χ3n) is 3.41. The zero-order valence-corrected chi connectivity index (χ0v) is 12.1. The van der Waals surface area contributed by atoms with Crippen molar-refractivity contribution in [3.63, 3.8) is 0 Å². The lowest BCUT2D eigenvalue weighted by Crippen LogP contribution is -2.39. The molecule has 1 unspecified atom stereocenters. The van der Waals surface area contributed by atoms with E-state index >= 15 is 0 Å². The lowest BCUT2D eigenvalue weighted by molar-refractivity contribution is -0.0350. The van der Waals surface area contributed by atoms with E-state index in [2.05, 4.69) is 27.1 Å². The van der Waals surface area contributed by atoms with Crippen LogP contribution in [0.2, 0.25) is 0 Å². The van der Waals surface area contributed by atoms with Gasteiger partial charge in [-0.25, -0.2) is 0 Å². The summed E-state index contributed by atoms with van der Waals surface area (Å²) in [4.78, 5) is 6.76. The average Bonchev–Trinajstić information content (AvgIpc) is 3.10. The maximum Gasteiger partial charge on any atom is 0.248 e. The molecule has 2 aromatic rings. The Hall–Kier alpha value is -1.93. The molecule has 21 heavy (non-hydrogen) atoms. The lowest BCUT2D eigenvalue weighted by Gasteiger charge is -2.30. The molecule has 3 rings (SSSR count). The minimum atomic E-state index is -0.120. The molecule has 0 aromatic carbocycles. The van der Waals surface area contributed by atoms with E-state index in [1.165, 1.54) is 0 Å². The van der Waals surface area contributed by atoms with Gasteiger partial charge in [-0.1, -0.05) is 12.1 Å². The van der Waals surface area contributed by atoms with Crippen LogP contribution in [0.5, 0.6) is 0 Å². The fourth-order valence-corrected chi connectivity index (χ4v) is 2.45. The van der Waals surface area contributed by atoms with Crippen molar-refractivity contribution >= 4 is 5.69 Å². The van der Waals surface area contributed by atoms with E-state index in [0.29, 0.717) is 30.6 Å². The van der Waals surface area contributed by atoms with Gasteiger partial charge in [0.05, 0.1) is 18.5 Å². The number of nitrogen functional groups attached to an aromatic ring is 1. The lowest BCUT2D eigenvalue weighted by atomic mass is 10.2. The molecule has 8 nitrogen and oxygen atoms in total. The smallest absolute Gasteiger partial charge is 0.248 e. The number of morpholine rings is 1. The van der Waals surface area contributed by atoms with Gasteiger partial charge in [0.1, 0.15) is 12.6 Å². The Morgan fingerprint density at radius 1 is 1.48 bits per heavy atom. The molecule has 1 saturated heterocycles. The van der Waals surface area contributed by atoms with E-state index in [-0.39, 0.29) is 6.10 Å². The van der Waals surface area contributed by atoms with Crippen LogP contribution in [0.15, 0.2) is 16.9 Å². The van der Waals surface area contributed by atoms with E-state index < -0.39 is 0 Å². The third kappa shape index (κ3) is 3.40. The van der Waals surface area contributed by atoms with E-state index in [1.807, 2.05) is 0 Å². The van der Waals surface area contributed by atoms with Crippen molar-refractivity contribution < 1.29 is 9.26 Å². The summed E-state index contributed by atoms with van der Waals surface area (Å²) in [5.41, 5.74) is 6.23. The summed E-state index contributed by atoms with van der Waals surface area (Å²) in [5, 5.41) is 8.12. The standard InChI is InChI=1S/C13H20N6O2/c1-2-3-18-4-5-20-11(8-18)13-16-12(21-17-13)9-19-7-10(14)6-15-19/h6-7,11H,2-5,8-9,14H2,1H3. The molecule has 0 spiro atoms. The third-order valence-corrected chi connectivity index (χ3v) is 3.41. The normalized spacial score (nSPS) is 20.0. The summed E-state index contributed by atoms with van der Waals surface area (Å²) < 4.78 is 12.7. The van der Waals surface area contributed by atoms with Crippen LogP contribution in [0.4, 0.5) is 5.69 Å². The number of hydrogen-bond acceptors (Lipinski definition) is 7. The molecule has 1 fully saturated rings. The van der Waals surface area contributed by atoms with Gasteiger partial charge in [0.25, 0.3) is 0 Å². The first-order valence-corrected chi connectivity index (χ1v) is 7.19. The van der Waals surface area contributed by atoms with Crippen molar-refractivity contribution in [2.45, 2.75) is 26.0 Å². The zero-order valence-electron chi connectivity index (χ0n) is 12.1. The average molecular weight is 292 g/mol. The van der Waals surface area contributed by atoms with E-state index in [4.69, 9.17) is 15.0 Å². The number of hydrogen-bond donors (Lipinski definition) is 1. The minimum absolute atomic E-state index is 0.120. The molecule has 0 aliphatic carbocycles. The highest BCUT2D eigenvalue weighted by Gasteiger charge is 2.25. The largest absolute Gasteiger partial charge is 0.396 e. The van der Waals surface area contributed by atoms with Crippen molar-refractivity contribution in [2.75, 3.05) is 32.0 Å². The number of nitrogens with zero attached hydrogens (tertiary/aromatic N) is 5. The Labute approximate surface area is 122 Å². The van der Waals surface area contributed by atoms with Crippen LogP contribution in [-0.2, 0) is 11.3 Å². The summed E-state index contributed by atoms with van der Waals surface area (Å²) >= 11 is 0. The van der Waals surface area contributed by atoms with Gasteiger partial charge >= 0.3 is 0 Å². The van der Waals surface area contributed by atoms with Gasteiger partial charge in [-0.05, 0) is 13.0 Å². The molecule has 0 saturated carbocycles. The van der Waals surface area contributed by atoms with Crippen LogP contribution >= 0.6 is 0 Å². The van der Waals surface area contributed by atoms with Gasteiger partial charge in [-0.2, -0.15) is 10.1 Å². The fourth-order valence-electron chi connectivity index (χ4n) is 2.45. The van der Waals surface area contributed by atoms with Crippen LogP contribution < -0.4 is 5.73 Å². The predicted molar refractivity (Wildman–Crippen MR) is 75.5 cm³/mol. The van der Waals surface area contributed by atoms with E-state index in [0.717, 1.165) is 26.1 Å². The molecule has 8 heteroatoms. The van der Waals surface area contributed by atoms with Gasteiger partial charge < -0.3 is 15.0 Å². The topological polar surface area (TPSA) is 95.2 Å². The number of aromatic nitrogens is 4. The second-order valence-corrected chi connectivity index (χ2v) is 5.18. The summed E-state index contributed by atoms with van der Waals surface area (Å²) in [5.74, 6) is 1.11. The molecule has 2 aromatic heterocycles. The van der Waals surface area contributed by atoms with Crippen LogP contribution in [0.1, 0.15) is 31.2 Å². The molecule has 0 bridgehead atoms. The highest BCUT2D eigenvalue weighted by atomic mass is 16.5. The van der Waals surface area contributed by atoms with Crippen LogP contribution in [-0.4, -0.2) is 51.1 Å². The molecule has 1 atom stereocenters. The van der Waals surface area contributed by atoms with Crippen molar-refractivity contribution in [3.8, 4) is 0 Å². The van der Waals surface area contributed by atoms with Gasteiger partial charge in [-0.3, -0.25) is 9.58 Å². The van der Waals surface area contributed by atoms with Gasteiger partial charge in [0, 0.05) is 19.3 Å². The first-order valence-electron chi connectivity index (χ1n) is 7.19. The Morgan fingerprint density at radius 3 is 3.14 bits per heavy atom. The van der Waals surface area contributed by atoms with E-state index in [1.54, 1.807) is 17.1 Å². The first-order chi connectivity index (χ1) is 10.2. The van der Waals surface area contributed by atoms with Crippen molar-refractivity contribution in [1.29, 1.82) is 0 Å². The molecule has 1 aliphatic heterocycles. The second-order valence-electron chi connectivity index (χ2n) is 5.18. The fraction of sp³-hybridized carbons (Fsp3) is 0.615. The summed E-state index contributed by atoms with van der Waals surface area (Å²) in [6.07, 6.45) is 4.32. The quantitative estimate of drug-likeness (QED) is 0.865. The van der Waals surface area contributed by atoms with Crippen LogP contribution in [0, 0.1) is 0 Å².